The molecule has 2 heterocycles. The fourth-order valence-corrected chi connectivity index (χ4v) is 2.89. The van der Waals surface area contributed by atoms with E-state index in [4.69, 9.17) is 0 Å². The van der Waals surface area contributed by atoms with Gasteiger partial charge in [-0.2, -0.15) is 9.97 Å². The molecule has 0 spiro atoms. The van der Waals surface area contributed by atoms with E-state index in [2.05, 4.69) is 34.1 Å². The summed E-state index contributed by atoms with van der Waals surface area (Å²) in [5, 5.41) is 24.5. The van der Waals surface area contributed by atoms with Crippen molar-refractivity contribution in [2.75, 3.05) is 23.5 Å². The number of fused-ring (bicyclic) bond motifs is 1. The van der Waals surface area contributed by atoms with Gasteiger partial charge >= 0.3 is 20.4 Å². The Morgan fingerprint density at radius 2 is 2.03 bits per heavy atom. The van der Waals surface area contributed by atoms with E-state index >= 15 is 0 Å². The molecule has 29 heavy (non-hydrogen) atoms. The normalized spacial score (nSPS) is 10.5. The molecule has 0 fully saturated rings. The molecule has 10 heteroatoms. The Morgan fingerprint density at radius 3 is 2.66 bits per heavy atom. The molecule has 3 rings (SSSR count). The minimum absolute atomic E-state index is 0. The van der Waals surface area contributed by atoms with Crippen LogP contribution in [-0.2, 0) is 27.0 Å². The summed E-state index contributed by atoms with van der Waals surface area (Å²) < 4.78 is 1.98. The molecule has 0 aliphatic carbocycles. The van der Waals surface area contributed by atoms with Crippen molar-refractivity contribution in [1.82, 2.24) is 19.5 Å². The Bertz CT molecular complexity index is 921. The summed E-state index contributed by atoms with van der Waals surface area (Å²) in [4.78, 5) is 15.4. The van der Waals surface area contributed by atoms with Gasteiger partial charge in [0.1, 0.15) is 6.73 Å². The number of nitrogens with one attached hydrogen (secondary N) is 1. The van der Waals surface area contributed by atoms with Crippen LogP contribution in [0.4, 0.5) is 11.8 Å². The number of halogens is 1. The SMILES string of the molecule is CCCN(CO)c1nc(NCc2cccc([O-])c2)c2ncn(C(C)C)c2n1.[Cl-].[Pd+2]. The molecular weight excluding hydrogens is 486 g/mol. The van der Waals surface area contributed by atoms with E-state index in [1.54, 1.807) is 23.4 Å². The van der Waals surface area contributed by atoms with Crippen LogP contribution >= 0.6 is 0 Å². The fraction of sp³-hybridized carbons (Fsp3) is 0.421. The number of hydrogen-bond donors (Lipinski definition) is 2. The van der Waals surface area contributed by atoms with Gasteiger partial charge in [-0.05, 0) is 25.8 Å². The summed E-state index contributed by atoms with van der Waals surface area (Å²) in [6, 6.07) is 6.94. The van der Waals surface area contributed by atoms with Crippen LogP contribution in [0.15, 0.2) is 30.6 Å². The molecule has 0 saturated heterocycles. The number of aliphatic hydroxyl groups excluding tert-OH is 1. The third-order valence-corrected chi connectivity index (χ3v) is 4.27. The molecule has 0 atom stereocenters. The molecule has 8 nitrogen and oxygen atoms in total. The maximum atomic E-state index is 11.5. The molecule has 0 aliphatic rings. The number of benzene rings is 1. The van der Waals surface area contributed by atoms with Crippen molar-refractivity contribution >= 4 is 22.9 Å². The van der Waals surface area contributed by atoms with Crippen LogP contribution in [0.5, 0.6) is 5.75 Å². The Kier molecular flexibility index (Phi) is 9.80. The van der Waals surface area contributed by atoms with Gasteiger partial charge in [-0.15, -0.1) is 5.75 Å². The van der Waals surface area contributed by atoms with E-state index < -0.39 is 0 Å². The van der Waals surface area contributed by atoms with E-state index in [0.29, 0.717) is 36.0 Å². The largest absolute Gasteiger partial charge is 2.00 e. The molecule has 2 N–H and O–H groups in total. The van der Waals surface area contributed by atoms with E-state index in [0.717, 1.165) is 12.0 Å². The van der Waals surface area contributed by atoms with Crippen molar-refractivity contribution in [2.45, 2.75) is 39.8 Å². The summed E-state index contributed by atoms with van der Waals surface area (Å²) in [6.07, 6.45) is 2.62. The standard InChI is InChI=1S/C19H26N6O2.ClH.Pd/c1-4-8-24(12-26)19-22-17(20-10-14-6-5-7-15(27)9-14)16-18(23-19)25(11-21-16)13(2)3;;/h5-7,9,11,13,26-27H,4,8,10,12H2,1-3H3,(H,20,22,23);1H;/q;;+2/p-2. The molecule has 160 valence electrons. The van der Waals surface area contributed by atoms with Crippen LogP contribution in [0, 0.1) is 0 Å². The van der Waals surface area contributed by atoms with E-state index in [-0.39, 0.29) is 51.4 Å². The Balaban J connectivity index is 0.00000210. The molecule has 0 unspecified atom stereocenters. The summed E-state index contributed by atoms with van der Waals surface area (Å²) in [7, 11) is 0. The predicted octanol–water partition coefficient (Wildman–Crippen LogP) is -0.739. The van der Waals surface area contributed by atoms with Crippen LogP contribution in [0.1, 0.15) is 38.8 Å². The topological polar surface area (TPSA) is 102 Å². The number of rotatable bonds is 8. The van der Waals surface area contributed by atoms with Gasteiger partial charge in [0.25, 0.3) is 0 Å². The molecule has 0 bridgehead atoms. The first-order valence-electron chi connectivity index (χ1n) is 9.13. The van der Waals surface area contributed by atoms with Crippen molar-refractivity contribution in [3.63, 3.8) is 0 Å². The first kappa shape index (κ1) is 25.1. The van der Waals surface area contributed by atoms with Crippen LogP contribution < -0.4 is 27.7 Å². The minimum atomic E-state index is -0.160. The smallest absolute Gasteiger partial charge is 1.00 e. The second-order valence-electron chi connectivity index (χ2n) is 6.70. The van der Waals surface area contributed by atoms with E-state index in [9.17, 15) is 10.2 Å². The van der Waals surface area contributed by atoms with Gasteiger partial charge < -0.3 is 37.4 Å². The van der Waals surface area contributed by atoms with Crippen LogP contribution in [0.25, 0.3) is 11.2 Å². The maximum Gasteiger partial charge on any atom is 2.00 e. The number of imidazole rings is 1. The Morgan fingerprint density at radius 1 is 1.28 bits per heavy atom. The first-order chi connectivity index (χ1) is 13.0. The van der Waals surface area contributed by atoms with E-state index in [1.165, 1.54) is 6.07 Å². The molecule has 1 aromatic carbocycles. The third kappa shape index (κ3) is 5.80. The van der Waals surface area contributed by atoms with Crippen LogP contribution in [0.3, 0.4) is 0 Å². The van der Waals surface area contributed by atoms with Crippen molar-refractivity contribution < 1.29 is 43.0 Å². The zero-order chi connectivity index (χ0) is 19.4. The van der Waals surface area contributed by atoms with Gasteiger partial charge in [-0.3, -0.25) is 0 Å². The number of nitrogens with zero attached hydrogens (tertiary/aromatic N) is 5. The van der Waals surface area contributed by atoms with Crippen LogP contribution in [0.2, 0.25) is 0 Å². The second kappa shape index (κ2) is 11.3. The number of anilines is 2. The van der Waals surface area contributed by atoms with Gasteiger partial charge in [0.05, 0.1) is 6.33 Å². The molecule has 0 saturated carbocycles. The van der Waals surface area contributed by atoms with Crippen molar-refractivity contribution in [3.05, 3.63) is 36.2 Å². The average Bonchev–Trinajstić information content (AvgIpc) is 3.08. The van der Waals surface area contributed by atoms with Crippen molar-refractivity contribution in [2.24, 2.45) is 0 Å². The maximum absolute atomic E-state index is 11.5. The van der Waals surface area contributed by atoms with Crippen LogP contribution in [-0.4, -0.2) is 37.9 Å². The van der Waals surface area contributed by atoms with Gasteiger partial charge in [0, 0.05) is 19.1 Å². The summed E-state index contributed by atoms with van der Waals surface area (Å²) >= 11 is 0. The van der Waals surface area contributed by atoms with Gasteiger partial charge in [0.15, 0.2) is 17.0 Å². The van der Waals surface area contributed by atoms with Gasteiger partial charge in [-0.25, -0.2) is 4.98 Å². The Hall–Kier alpha value is -1.92. The summed E-state index contributed by atoms with van der Waals surface area (Å²) in [6.45, 7) is 7.09. The van der Waals surface area contributed by atoms with Gasteiger partial charge in [0.2, 0.25) is 5.95 Å². The minimum Gasteiger partial charge on any atom is -1.00 e. The molecular formula is C19H25ClN6O2Pd. The number of hydrogen-bond acceptors (Lipinski definition) is 7. The molecule has 3 aromatic rings. The molecule has 0 amide bonds. The zero-order valence-corrected chi connectivity index (χ0v) is 18.9. The van der Waals surface area contributed by atoms with Crippen molar-refractivity contribution in [3.8, 4) is 5.75 Å². The van der Waals surface area contributed by atoms with E-state index in [1.807, 2.05) is 17.6 Å². The monoisotopic (exact) mass is 510 g/mol. The quantitative estimate of drug-likeness (QED) is 0.304. The number of aromatic nitrogens is 4. The molecule has 2 aromatic heterocycles. The summed E-state index contributed by atoms with van der Waals surface area (Å²) in [5.74, 6) is 1.01. The average molecular weight is 511 g/mol. The molecule has 0 aliphatic heterocycles. The predicted molar refractivity (Wildman–Crippen MR) is 104 cm³/mol. The number of aliphatic hydroxyl groups is 1. The Labute approximate surface area is 190 Å². The fourth-order valence-electron chi connectivity index (χ4n) is 2.89. The third-order valence-electron chi connectivity index (χ3n) is 4.27. The molecule has 0 radical (unpaired) electrons. The van der Waals surface area contributed by atoms with Crippen molar-refractivity contribution in [1.29, 1.82) is 0 Å². The zero-order valence-electron chi connectivity index (χ0n) is 16.6. The second-order valence-corrected chi connectivity index (χ2v) is 6.70. The first-order valence-corrected chi connectivity index (χ1v) is 9.13. The van der Waals surface area contributed by atoms with Gasteiger partial charge in [-0.1, -0.05) is 31.2 Å². The summed E-state index contributed by atoms with van der Waals surface area (Å²) in [5.41, 5.74) is 2.25.